The molecule has 10 heteroatoms. The van der Waals surface area contributed by atoms with Crippen molar-refractivity contribution in [1.82, 2.24) is 0 Å². The lowest BCUT2D eigenvalue weighted by Crippen LogP contribution is -2.27. The van der Waals surface area contributed by atoms with Gasteiger partial charge in [0.15, 0.2) is 22.4 Å². The standard InChI is InChI=1S/C26H21BrN2O5S2/c1-32-20-10-8-19(9-11-20)29-25(31)23(36-26(29)35)14-16-3-12-21(22(13-16)33-2)34-15-24(30)28-18-6-4-17(27)5-7-18/h3-14H,15H2,1-2H3,(H,28,30)/b23-14-. The minimum Gasteiger partial charge on any atom is -0.497 e. The second-order valence-corrected chi connectivity index (χ2v) is 10.1. The fraction of sp³-hybridized carbons (Fsp3) is 0.115. The highest BCUT2D eigenvalue weighted by Crippen LogP contribution is 2.37. The molecule has 1 aliphatic rings. The number of anilines is 2. The van der Waals surface area contributed by atoms with Crippen molar-refractivity contribution in [2.24, 2.45) is 0 Å². The van der Waals surface area contributed by atoms with Crippen LogP contribution < -0.4 is 24.4 Å². The third-order valence-corrected chi connectivity index (χ3v) is 6.93. The normalized spacial score (nSPS) is 14.2. The topological polar surface area (TPSA) is 77.1 Å². The fourth-order valence-electron chi connectivity index (χ4n) is 3.34. The molecule has 7 nitrogen and oxygen atoms in total. The van der Waals surface area contributed by atoms with Crippen molar-refractivity contribution < 1.29 is 23.8 Å². The van der Waals surface area contributed by atoms with Crippen LogP contribution in [0.15, 0.2) is 76.1 Å². The first-order valence-corrected chi connectivity index (χ1v) is 12.7. The Morgan fingerprint density at radius 3 is 2.42 bits per heavy atom. The Bertz CT molecular complexity index is 1330. The van der Waals surface area contributed by atoms with Crippen molar-refractivity contribution in [3.05, 3.63) is 81.7 Å². The highest BCUT2D eigenvalue weighted by molar-refractivity contribution is 9.10. The van der Waals surface area contributed by atoms with Crippen LogP contribution in [0.1, 0.15) is 5.56 Å². The first-order valence-electron chi connectivity index (χ1n) is 10.7. The Morgan fingerprint density at radius 1 is 1.03 bits per heavy atom. The van der Waals surface area contributed by atoms with Crippen LogP contribution in [0.2, 0.25) is 0 Å². The molecule has 0 bridgehead atoms. The first kappa shape index (κ1) is 25.7. The van der Waals surface area contributed by atoms with Crippen molar-refractivity contribution in [3.8, 4) is 17.2 Å². The smallest absolute Gasteiger partial charge is 0.270 e. The van der Waals surface area contributed by atoms with Gasteiger partial charge in [-0.25, -0.2) is 0 Å². The van der Waals surface area contributed by atoms with E-state index >= 15 is 0 Å². The van der Waals surface area contributed by atoms with Crippen molar-refractivity contribution in [2.75, 3.05) is 31.0 Å². The van der Waals surface area contributed by atoms with Gasteiger partial charge in [0.1, 0.15) is 5.75 Å². The number of ether oxygens (including phenoxy) is 3. The van der Waals surface area contributed by atoms with E-state index in [-0.39, 0.29) is 18.4 Å². The molecule has 4 rings (SSSR count). The number of hydrogen-bond acceptors (Lipinski definition) is 7. The molecule has 2 amide bonds. The Hall–Kier alpha value is -3.34. The van der Waals surface area contributed by atoms with Gasteiger partial charge in [0.25, 0.3) is 11.8 Å². The SMILES string of the molecule is COc1ccc(N2C(=O)/C(=C/c3ccc(OCC(=O)Nc4ccc(Br)cc4)c(OC)c3)SC2=S)cc1. The zero-order valence-corrected chi connectivity index (χ0v) is 22.5. The van der Waals surface area contributed by atoms with E-state index in [0.717, 1.165) is 10.0 Å². The Morgan fingerprint density at radius 2 is 1.75 bits per heavy atom. The number of methoxy groups -OCH3 is 2. The Labute approximate surface area is 226 Å². The van der Waals surface area contributed by atoms with Gasteiger partial charge in [-0.1, -0.05) is 46.0 Å². The number of hydrogen-bond donors (Lipinski definition) is 1. The highest BCUT2D eigenvalue weighted by atomic mass is 79.9. The lowest BCUT2D eigenvalue weighted by molar-refractivity contribution is -0.118. The number of nitrogens with zero attached hydrogens (tertiary/aromatic N) is 1. The maximum Gasteiger partial charge on any atom is 0.270 e. The summed E-state index contributed by atoms with van der Waals surface area (Å²) in [6.07, 6.45) is 1.75. The van der Waals surface area contributed by atoms with E-state index in [1.807, 2.05) is 12.1 Å². The van der Waals surface area contributed by atoms with Gasteiger partial charge in [-0.15, -0.1) is 0 Å². The molecule has 1 saturated heterocycles. The summed E-state index contributed by atoms with van der Waals surface area (Å²) in [6.45, 7) is -0.188. The molecule has 1 fully saturated rings. The second kappa shape index (κ2) is 11.6. The number of thiocarbonyl (C=S) groups is 1. The summed E-state index contributed by atoms with van der Waals surface area (Å²) in [4.78, 5) is 27.3. The van der Waals surface area contributed by atoms with E-state index < -0.39 is 0 Å². The molecule has 0 atom stereocenters. The van der Waals surface area contributed by atoms with Crippen LogP contribution in [0.5, 0.6) is 17.2 Å². The van der Waals surface area contributed by atoms with Gasteiger partial charge in [0, 0.05) is 10.2 Å². The number of thioether (sulfide) groups is 1. The third kappa shape index (κ3) is 6.07. The number of halogens is 1. The molecule has 184 valence electrons. The molecule has 3 aromatic carbocycles. The van der Waals surface area contributed by atoms with Crippen molar-refractivity contribution in [2.45, 2.75) is 0 Å². The maximum absolute atomic E-state index is 13.1. The van der Waals surface area contributed by atoms with Crippen molar-refractivity contribution in [1.29, 1.82) is 0 Å². The predicted octanol–water partition coefficient (Wildman–Crippen LogP) is 5.89. The molecule has 0 aromatic heterocycles. The number of amides is 2. The predicted molar refractivity (Wildman–Crippen MR) is 150 cm³/mol. The van der Waals surface area contributed by atoms with Gasteiger partial charge in [-0.2, -0.15) is 0 Å². The average Bonchev–Trinajstić information content (AvgIpc) is 3.16. The average molecular weight is 586 g/mol. The van der Waals surface area contributed by atoms with Gasteiger partial charge in [0.05, 0.1) is 24.8 Å². The summed E-state index contributed by atoms with van der Waals surface area (Å²) < 4.78 is 17.7. The van der Waals surface area contributed by atoms with Crippen LogP contribution in [0.25, 0.3) is 6.08 Å². The number of benzene rings is 3. The van der Waals surface area contributed by atoms with E-state index in [4.69, 9.17) is 26.4 Å². The molecule has 0 spiro atoms. The van der Waals surface area contributed by atoms with Crippen LogP contribution in [0.3, 0.4) is 0 Å². The molecule has 0 aliphatic carbocycles. The zero-order chi connectivity index (χ0) is 25.7. The number of carbonyl (C=O) groups excluding carboxylic acids is 2. The van der Waals surface area contributed by atoms with Crippen LogP contribution in [-0.2, 0) is 9.59 Å². The van der Waals surface area contributed by atoms with Gasteiger partial charge in [-0.3, -0.25) is 14.5 Å². The van der Waals surface area contributed by atoms with E-state index in [9.17, 15) is 9.59 Å². The quantitative estimate of drug-likeness (QED) is 0.261. The molecule has 0 radical (unpaired) electrons. The third-order valence-electron chi connectivity index (χ3n) is 5.10. The highest BCUT2D eigenvalue weighted by Gasteiger charge is 2.33. The molecular weight excluding hydrogens is 564 g/mol. The largest absolute Gasteiger partial charge is 0.497 e. The van der Waals surface area contributed by atoms with E-state index in [1.165, 1.54) is 23.8 Å². The van der Waals surface area contributed by atoms with Crippen molar-refractivity contribution >= 4 is 73.5 Å². The molecule has 1 N–H and O–H groups in total. The lowest BCUT2D eigenvalue weighted by atomic mass is 10.1. The molecular formula is C26H21BrN2O5S2. The minimum atomic E-state index is -0.300. The molecule has 1 aliphatic heterocycles. The summed E-state index contributed by atoms with van der Waals surface area (Å²) in [5, 5.41) is 2.77. The summed E-state index contributed by atoms with van der Waals surface area (Å²) in [5.74, 6) is 1.03. The van der Waals surface area contributed by atoms with Crippen LogP contribution in [-0.4, -0.2) is 37.0 Å². The van der Waals surface area contributed by atoms with Gasteiger partial charge < -0.3 is 19.5 Å². The monoisotopic (exact) mass is 584 g/mol. The summed E-state index contributed by atoms with van der Waals surface area (Å²) in [5.41, 5.74) is 2.07. The lowest BCUT2D eigenvalue weighted by Gasteiger charge is -2.14. The first-order chi connectivity index (χ1) is 17.4. The van der Waals surface area contributed by atoms with Gasteiger partial charge >= 0.3 is 0 Å². The summed E-state index contributed by atoms with van der Waals surface area (Å²) in [6, 6.07) is 19.6. The van der Waals surface area contributed by atoms with Crippen LogP contribution in [0, 0.1) is 0 Å². The molecule has 3 aromatic rings. The molecule has 0 saturated carbocycles. The number of rotatable bonds is 8. The fourth-order valence-corrected chi connectivity index (χ4v) is 4.90. The summed E-state index contributed by atoms with van der Waals surface area (Å²) in [7, 11) is 3.09. The Kier molecular flexibility index (Phi) is 8.29. The van der Waals surface area contributed by atoms with E-state index in [0.29, 0.717) is 37.8 Å². The zero-order valence-electron chi connectivity index (χ0n) is 19.3. The number of nitrogens with one attached hydrogen (secondary N) is 1. The molecule has 0 unspecified atom stereocenters. The minimum absolute atomic E-state index is 0.188. The molecule has 1 heterocycles. The number of carbonyl (C=O) groups is 2. The second-order valence-electron chi connectivity index (χ2n) is 7.47. The van der Waals surface area contributed by atoms with Crippen LogP contribution >= 0.6 is 39.9 Å². The van der Waals surface area contributed by atoms with Crippen LogP contribution in [0.4, 0.5) is 11.4 Å². The van der Waals surface area contributed by atoms with Crippen molar-refractivity contribution in [3.63, 3.8) is 0 Å². The van der Waals surface area contributed by atoms with Gasteiger partial charge in [-0.05, 0) is 72.3 Å². The molecule has 36 heavy (non-hydrogen) atoms. The van der Waals surface area contributed by atoms with Gasteiger partial charge in [0.2, 0.25) is 0 Å². The maximum atomic E-state index is 13.1. The van der Waals surface area contributed by atoms with E-state index in [1.54, 1.807) is 67.8 Å². The van der Waals surface area contributed by atoms with E-state index in [2.05, 4.69) is 21.2 Å². The summed E-state index contributed by atoms with van der Waals surface area (Å²) >= 11 is 10.0. The Balaban J connectivity index is 1.44.